The average Bonchev–Trinajstić information content (AvgIpc) is 2.52. The fraction of sp³-hybridized carbons (Fsp3) is 0.778. The number of nitrogens with zero attached hydrogens (tertiary/aromatic N) is 2. The Morgan fingerprint density at radius 1 is 1.57 bits per heavy atom. The highest BCUT2D eigenvalue weighted by atomic mass is 35.5. The second kappa shape index (κ2) is 6.32. The molecule has 1 aromatic rings. The Kier molecular flexibility index (Phi) is 5.37. The quantitative estimate of drug-likeness (QED) is 0.759. The van der Waals surface area contributed by atoms with E-state index in [0.717, 1.165) is 12.3 Å². The molecule has 80 valence electrons. The lowest BCUT2D eigenvalue weighted by molar-refractivity contribution is 0.0872. The lowest BCUT2D eigenvalue weighted by atomic mass is 10.1. The first-order valence-electron chi connectivity index (χ1n) is 4.78. The lowest BCUT2D eigenvalue weighted by Crippen LogP contribution is -2.05. The van der Waals surface area contributed by atoms with Gasteiger partial charge in [-0.05, 0) is 12.3 Å². The number of halogens is 1. The van der Waals surface area contributed by atoms with Gasteiger partial charge < -0.3 is 4.74 Å². The molecule has 0 bridgehead atoms. The van der Waals surface area contributed by atoms with Crippen LogP contribution in [-0.2, 0) is 11.3 Å². The summed E-state index contributed by atoms with van der Waals surface area (Å²) in [5.74, 6) is 0.602. The van der Waals surface area contributed by atoms with E-state index < -0.39 is 0 Å². The fourth-order valence-electron chi connectivity index (χ4n) is 1.22. The Balaban J connectivity index is 2.19. The molecule has 1 rings (SSSR count). The summed E-state index contributed by atoms with van der Waals surface area (Å²) < 4.78 is 9.86. The molecular weight excluding hydrogens is 220 g/mol. The van der Waals surface area contributed by atoms with Crippen LogP contribution < -0.4 is 0 Å². The molecule has 0 fully saturated rings. The van der Waals surface area contributed by atoms with Crippen molar-refractivity contribution in [2.24, 2.45) is 5.92 Å². The van der Waals surface area contributed by atoms with Crippen LogP contribution in [0.3, 0.4) is 0 Å². The van der Waals surface area contributed by atoms with Crippen LogP contribution in [0.4, 0.5) is 0 Å². The topological polar surface area (TPSA) is 35.0 Å². The normalized spacial score (nSPS) is 13.1. The molecule has 14 heavy (non-hydrogen) atoms. The standard InChI is InChI=1S/C9H15ClN2OS/c1-3-4-7(2)5-13-6-8-9(10)14-12-11-8/h7H,3-6H2,1-2H3. The Morgan fingerprint density at radius 3 is 2.93 bits per heavy atom. The highest BCUT2D eigenvalue weighted by Gasteiger charge is 2.06. The zero-order chi connectivity index (χ0) is 10.4. The van der Waals surface area contributed by atoms with Gasteiger partial charge in [-0.25, -0.2) is 0 Å². The minimum atomic E-state index is 0.476. The minimum Gasteiger partial charge on any atom is -0.375 e. The second-order valence-electron chi connectivity index (χ2n) is 3.40. The van der Waals surface area contributed by atoms with E-state index in [1.54, 1.807) is 0 Å². The van der Waals surface area contributed by atoms with Crippen molar-refractivity contribution in [2.45, 2.75) is 33.3 Å². The molecule has 0 amide bonds. The zero-order valence-corrected chi connectivity index (χ0v) is 10.1. The lowest BCUT2D eigenvalue weighted by Gasteiger charge is -2.09. The first-order valence-corrected chi connectivity index (χ1v) is 5.93. The van der Waals surface area contributed by atoms with Gasteiger partial charge in [-0.1, -0.05) is 36.4 Å². The molecule has 0 spiro atoms. The van der Waals surface area contributed by atoms with E-state index in [2.05, 4.69) is 23.4 Å². The Labute approximate surface area is 93.6 Å². The van der Waals surface area contributed by atoms with Crippen LogP contribution in [0, 0.1) is 5.92 Å². The monoisotopic (exact) mass is 234 g/mol. The fourth-order valence-corrected chi connectivity index (χ4v) is 1.82. The summed E-state index contributed by atoms with van der Waals surface area (Å²) in [6.45, 7) is 5.60. The Hall–Kier alpha value is -0.190. The Bertz CT molecular complexity index is 267. The predicted octanol–water partition coefficient (Wildman–Crippen LogP) is 3.14. The summed E-state index contributed by atoms with van der Waals surface area (Å²) in [5, 5.41) is 3.87. The van der Waals surface area contributed by atoms with E-state index >= 15 is 0 Å². The summed E-state index contributed by atoms with van der Waals surface area (Å²) in [4.78, 5) is 0. The highest BCUT2D eigenvalue weighted by molar-refractivity contribution is 7.10. The smallest absolute Gasteiger partial charge is 0.139 e. The summed E-state index contributed by atoms with van der Waals surface area (Å²) in [7, 11) is 0. The van der Waals surface area contributed by atoms with E-state index in [-0.39, 0.29) is 0 Å². The Morgan fingerprint density at radius 2 is 2.36 bits per heavy atom. The molecule has 1 unspecified atom stereocenters. The van der Waals surface area contributed by atoms with Crippen LogP contribution in [-0.4, -0.2) is 16.2 Å². The van der Waals surface area contributed by atoms with Crippen molar-refractivity contribution in [1.82, 2.24) is 9.59 Å². The SMILES string of the molecule is CCCC(C)COCc1nnsc1Cl. The first-order chi connectivity index (χ1) is 6.74. The second-order valence-corrected chi connectivity index (χ2v) is 4.76. The van der Waals surface area contributed by atoms with Gasteiger partial charge in [0, 0.05) is 18.1 Å². The van der Waals surface area contributed by atoms with Crippen molar-refractivity contribution in [2.75, 3.05) is 6.61 Å². The van der Waals surface area contributed by atoms with E-state index in [1.165, 1.54) is 24.4 Å². The number of hydrogen-bond donors (Lipinski definition) is 0. The van der Waals surface area contributed by atoms with Gasteiger partial charge in [0.25, 0.3) is 0 Å². The number of hydrogen-bond acceptors (Lipinski definition) is 4. The molecule has 0 aliphatic rings. The maximum Gasteiger partial charge on any atom is 0.139 e. The molecule has 0 aliphatic carbocycles. The molecule has 5 heteroatoms. The molecule has 0 aromatic carbocycles. The molecule has 1 heterocycles. The van der Waals surface area contributed by atoms with Crippen LogP contribution in [0.1, 0.15) is 32.4 Å². The minimum absolute atomic E-state index is 0.476. The number of ether oxygens (including phenoxy) is 1. The molecule has 0 saturated heterocycles. The van der Waals surface area contributed by atoms with Gasteiger partial charge >= 0.3 is 0 Å². The maximum atomic E-state index is 5.83. The molecule has 0 radical (unpaired) electrons. The average molecular weight is 235 g/mol. The molecular formula is C9H15ClN2OS. The molecule has 1 aromatic heterocycles. The maximum absolute atomic E-state index is 5.83. The molecule has 0 aliphatic heterocycles. The third-order valence-electron chi connectivity index (χ3n) is 1.93. The van der Waals surface area contributed by atoms with Crippen LogP contribution in [0.5, 0.6) is 0 Å². The zero-order valence-electron chi connectivity index (χ0n) is 8.49. The van der Waals surface area contributed by atoms with Crippen LogP contribution in [0.15, 0.2) is 0 Å². The highest BCUT2D eigenvalue weighted by Crippen LogP contribution is 2.18. The summed E-state index contributed by atoms with van der Waals surface area (Å²) in [6, 6.07) is 0. The molecule has 0 saturated carbocycles. The van der Waals surface area contributed by atoms with Crippen LogP contribution >= 0.6 is 23.1 Å². The van der Waals surface area contributed by atoms with Crippen LogP contribution in [0.2, 0.25) is 4.34 Å². The van der Waals surface area contributed by atoms with Crippen molar-refractivity contribution >= 4 is 23.1 Å². The molecule has 3 nitrogen and oxygen atoms in total. The number of aromatic nitrogens is 2. The van der Waals surface area contributed by atoms with Crippen molar-refractivity contribution in [3.8, 4) is 0 Å². The van der Waals surface area contributed by atoms with Gasteiger partial charge in [0.05, 0.1) is 6.61 Å². The third kappa shape index (κ3) is 3.90. The van der Waals surface area contributed by atoms with Crippen LogP contribution in [0.25, 0.3) is 0 Å². The predicted molar refractivity (Wildman–Crippen MR) is 58.6 cm³/mol. The summed E-state index contributed by atoms with van der Waals surface area (Å²) in [6.07, 6.45) is 2.40. The molecule has 0 N–H and O–H groups in total. The third-order valence-corrected chi connectivity index (χ3v) is 2.92. The van der Waals surface area contributed by atoms with E-state index in [0.29, 0.717) is 16.9 Å². The van der Waals surface area contributed by atoms with Gasteiger partial charge in [0.1, 0.15) is 10.0 Å². The van der Waals surface area contributed by atoms with Crippen molar-refractivity contribution in [3.63, 3.8) is 0 Å². The van der Waals surface area contributed by atoms with Gasteiger partial charge in [-0.3, -0.25) is 0 Å². The first kappa shape index (κ1) is 11.9. The van der Waals surface area contributed by atoms with Gasteiger partial charge in [0.2, 0.25) is 0 Å². The summed E-state index contributed by atoms with van der Waals surface area (Å²) >= 11 is 7.03. The summed E-state index contributed by atoms with van der Waals surface area (Å²) in [5.41, 5.74) is 0.750. The van der Waals surface area contributed by atoms with E-state index in [1.807, 2.05) is 0 Å². The van der Waals surface area contributed by atoms with E-state index in [9.17, 15) is 0 Å². The largest absolute Gasteiger partial charge is 0.375 e. The van der Waals surface area contributed by atoms with Crippen molar-refractivity contribution < 1.29 is 4.74 Å². The van der Waals surface area contributed by atoms with Gasteiger partial charge in [-0.2, -0.15) is 0 Å². The van der Waals surface area contributed by atoms with Crippen molar-refractivity contribution in [3.05, 3.63) is 10.0 Å². The number of rotatable bonds is 6. The molecule has 1 atom stereocenters. The van der Waals surface area contributed by atoms with Gasteiger partial charge in [0.15, 0.2) is 0 Å². The van der Waals surface area contributed by atoms with Gasteiger partial charge in [-0.15, -0.1) is 5.10 Å². The van der Waals surface area contributed by atoms with E-state index in [4.69, 9.17) is 16.3 Å². The van der Waals surface area contributed by atoms with Crippen molar-refractivity contribution in [1.29, 1.82) is 0 Å².